The van der Waals surface area contributed by atoms with Gasteiger partial charge in [-0.15, -0.1) is 0 Å². The molecular formula is C21H27FN4O3. The number of carbonyl (C=O) groups excluding carboxylic acids is 2. The summed E-state index contributed by atoms with van der Waals surface area (Å²) in [5.74, 6) is -0.613. The third kappa shape index (κ3) is 3.85. The molecule has 2 heterocycles. The van der Waals surface area contributed by atoms with Crippen LogP contribution in [0, 0.1) is 11.7 Å². The molecule has 8 heteroatoms. The maximum absolute atomic E-state index is 14.4. The number of aromatic amines is 1. The van der Waals surface area contributed by atoms with Crippen LogP contribution in [0.1, 0.15) is 54.9 Å². The number of aromatic nitrogens is 2. The lowest BCUT2D eigenvalue weighted by Crippen LogP contribution is -2.40. The second-order valence-electron chi connectivity index (χ2n) is 8.18. The van der Waals surface area contributed by atoms with Crippen LogP contribution in [0.25, 0.3) is 11.0 Å². The van der Waals surface area contributed by atoms with E-state index in [-0.39, 0.29) is 23.2 Å². The molecule has 0 unspecified atom stereocenters. The van der Waals surface area contributed by atoms with E-state index in [1.807, 2.05) is 0 Å². The number of imidazole rings is 1. The van der Waals surface area contributed by atoms with Crippen LogP contribution in [-0.2, 0) is 4.79 Å². The summed E-state index contributed by atoms with van der Waals surface area (Å²) < 4.78 is 16.0. The Balaban J connectivity index is 1.49. The predicted octanol–water partition coefficient (Wildman–Crippen LogP) is 2.22. The average molecular weight is 402 g/mol. The fourth-order valence-electron chi connectivity index (χ4n) is 4.75. The number of hydrogen-bond donors (Lipinski definition) is 2. The number of hydrogen-bond acceptors (Lipinski definition) is 4. The summed E-state index contributed by atoms with van der Waals surface area (Å²) in [6.45, 7) is 1.96. The number of nitrogens with one attached hydrogen (secondary N) is 2. The summed E-state index contributed by atoms with van der Waals surface area (Å²) in [6.07, 6.45) is 5.79. The van der Waals surface area contributed by atoms with Gasteiger partial charge in [0.2, 0.25) is 0 Å². The van der Waals surface area contributed by atoms with Crippen molar-refractivity contribution in [2.24, 2.45) is 5.92 Å². The fraction of sp³-hybridized carbons (Fsp3) is 0.571. The molecule has 0 spiro atoms. The van der Waals surface area contributed by atoms with Gasteiger partial charge in [-0.2, -0.15) is 0 Å². The number of H-pyrrole nitrogens is 1. The van der Waals surface area contributed by atoms with Gasteiger partial charge in [0.25, 0.3) is 5.91 Å². The second kappa shape index (κ2) is 8.10. The molecule has 1 aliphatic heterocycles. The Morgan fingerprint density at radius 1 is 1.17 bits per heavy atom. The van der Waals surface area contributed by atoms with Crippen LogP contribution < -0.4 is 11.0 Å². The summed E-state index contributed by atoms with van der Waals surface area (Å²) in [5.41, 5.74) is 0.539. The van der Waals surface area contributed by atoms with Crippen molar-refractivity contribution in [1.29, 1.82) is 0 Å². The molecule has 1 aliphatic carbocycles. The first-order valence-electron chi connectivity index (χ1n) is 10.4. The number of Topliss-reactive ketones (excluding diaryl/α,β-unsaturated/α-hetero) is 1. The molecule has 7 nitrogen and oxygen atoms in total. The number of ketones is 1. The third-order valence-corrected chi connectivity index (χ3v) is 6.39. The molecule has 1 saturated heterocycles. The summed E-state index contributed by atoms with van der Waals surface area (Å²) in [6, 6.07) is 2.59. The normalized spacial score (nSPS) is 19.1. The molecule has 29 heavy (non-hydrogen) atoms. The molecule has 2 N–H and O–H groups in total. The molecule has 0 radical (unpaired) electrons. The minimum atomic E-state index is -0.649. The van der Waals surface area contributed by atoms with Gasteiger partial charge < -0.3 is 10.3 Å². The zero-order valence-corrected chi connectivity index (χ0v) is 16.7. The van der Waals surface area contributed by atoms with E-state index < -0.39 is 11.7 Å². The smallest absolute Gasteiger partial charge is 0.326 e. The third-order valence-electron chi connectivity index (χ3n) is 6.39. The quantitative estimate of drug-likeness (QED) is 0.803. The lowest BCUT2D eigenvalue weighted by Gasteiger charge is -2.32. The van der Waals surface area contributed by atoms with Crippen LogP contribution in [0.15, 0.2) is 16.9 Å². The monoisotopic (exact) mass is 402 g/mol. The molecular weight excluding hydrogens is 375 g/mol. The number of carbonyl (C=O) groups is 2. The Morgan fingerprint density at radius 3 is 2.52 bits per heavy atom. The summed E-state index contributed by atoms with van der Waals surface area (Å²) in [7, 11) is 1.44. The molecule has 4 rings (SSSR count). The summed E-state index contributed by atoms with van der Waals surface area (Å²) in [5, 5.41) is 2.40. The number of amides is 1. The van der Waals surface area contributed by atoms with Crippen LogP contribution >= 0.6 is 0 Å². The lowest BCUT2D eigenvalue weighted by molar-refractivity contribution is -0.124. The van der Waals surface area contributed by atoms with Gasteiger partial charge in [-0.05, 0) is 31.7 Å². The fourth-order valence-corrected chi connectivity index (χ4v) is 4.75. The van der Waals surface area contributed by atoms with E-state index in [1.165, 1.54) is 19.2 Å². The highest BCUT2D eigenvalue weighted by atomic mass is 19.1. The maximum atomic E-state index is 14.4. The van der Waals surface area contributed by atoms with Crippen molar-refractivity contribution in [3.05, 3.63) is 34.0 Å². The zero-order chi connectivity index (χ0) is 20.5. The number of piperidine rings is 1. The van der Waals surface area contributed by atoms with Crippen LogP contribution in [0.3, 0.4) is 0 Å². The van der Waals surface area contributed by atoms with Gasteiger partial charge in [0, 0.05) is 38.2 Å². The number of halogens is 1. The molecule has 156 valence electrons. The van der Waals surface area contributed by atoms with Crippen LogP contribution in [-0.4, -0.2) is 52.8 Å². The van der Waals surface area contributed by atoms with E-state index in [2.05, 4.69) is 15.2 Å². The highest BCUT2D eigenvalue weighted by Crippen LogP contribution is 2.28. The molecule has 0 bridgehead atoms. The Hall–Kier alpha value is -2.48. The first-order chi connectivity index (χ1) is 14.0. The first-order valence-corrected chi connectivity index (χ1v) is 10.4. The lowest BCUT2D eigenvalue weighted by atomic mass is 10.00. The van der Waals surface area contributed by atoms with Crippen molar-refractivity contribution in [2.45, 2.75) is 44.6 Å². The number of benzene rings is 1. The summed E-state index contributed by atoms with van der Waals surface area (Å²) >= 11 is 0. The van der Waals surface area contributed by atoms with Crippen molar-refractivity contribution < 1.29 is 14.0 Å². The van der Waals surface area contributed by atoms with Crippen molar-refractivity contribution in [3.63, 3.8) is 0 Å². The Bertz CT molecular complexity index is 982. The molecule has 0 atom stereocenters. The molecule has 1 amide bonds. The molecule has 2 aromatic rings. The molecule has 1 aromatic carbocycles. The van der Waals surface area contributed by atoms with E-state index in [0.29, 0.717) is 23.4 Å². The Kier molecular flexibility index (Phi) is 5.54. The van der Waals surface area contributed by atoms with Gasteiger partial charge in [-0.25, -0.2) is 9.18 Å². The van der Waals surface area contributed by atoms with Crippen molar-refractivity contribution in [2.75, 3.05) is 26.7 Å². The SMILES string of the molecule is CNC(=O)c1cc2[nH]c(=O)n(C3CCN(CC(=O)C4CCCC4)CC3)c2cc1F. The number of fused-ring (bicyclic) bond motifs is 1. The molecule has 1 saturated carbocycles. The van der Waals surface area contributed by atoms with Gasteiger partial charge in [0.1, 0.15) is 11.6 Å². The number of rotatable bonds is 5. The van der Waals surface area contributed by atoms with Crippen molar-refractivity contribution in [3.8, 4) is 0 Å². The highest BCUT2D eigenvalue weighted by molar-refractivity contribution is 5.97. The molecule has 2 fully saturated rings. The van der Waals surface area contributed by atoms with E-state index >= 15 is 0 Å². The van der Waals surface area contributed by atoms with Gasteiger partial charge in [-0.3, -0.25) is 19.1 Å². The van der Waals surface area contributed by atoms with Gasteiger partial charge >= 0.3 is 5.69 Å². The highest BCUT2D eigenvalue weighted by Gasteiger charge is 2.28. The van der Waals surface area contributed by atoms with Crippen molar-refractivity contribution >= 4 is 22.7 Å². The van der Waals surface area contributed by atoms with Crippen LogP contribution in [0.5, 0.6) is 0 Å². The minimum absolute atomic E-state index is 0.0562. The van der Waals surface area contributed by atoms with E-state index in [1.54, 1.807) is 4.57 Å². The van der Waals surface area contributed by atoms with E-state index in [4.69, 9.17) is 0 Å². The zero-order valence-electron chi connectivity index (χ0n) is 16.7. The predicted molar refractivity (Wildman–Crippen MR) is 108 cm³/mol. The van der Waals surface area contributed by atoms with Gasteiger partial charge in [0.05, 0.1) is 23.1 Å². The Labute approximate surface area is 168 Å². The summed E-state index contributed by atoms with van der Waals surface area (Å²) in [4.78, 5) is 41.7. The van der Waals surface area contributed by atoms with Crippen molar-refractivity contribution in [1.82, 2.24) is 19.8 Å². The molecule has 1 aromatic heterocycles. The van der Waals surface area contributed by atoms with Crippen LogP contribution in [0.2, 0.25) is 0 Å². The minimum Gasteiger partial charge on any atom is -0.355 e. The van der Waals surface area contributed by atoms with Gasteiger partial charge in [0.15, 0.2) is 0 Å². The van der Waals surface area contributed by atoms with Crippen LogP contribution in [0.4, 0.5) is 4.39 Å². The molecule has 2 aliphatic rings. The Morgan fingerprint density at radius 2 is 1.86 bits per heavy atom. The largest absolute Gasteiger partial charge is 0.355 e. The van der Waals surface area contributed by atoms with E-state index in [9.17, 15) is 18.8 Å². The van der Waals surface area contributed by atoms with Gasteiger partial charge in [-0.1, -0.05) is 12.8 Å². The number of nitrogens with zero attached hydrogens (tertiary/aromatic N) is 2. The first kappa shape index (κ1) is 19.8. The van der Waals surface area contributed by atoms with E-state index in [0.717, 1.165) is 51.6 Å². The average Bonchev–Trinajstić information content (AvgIpc) is 3.35. The number of likely N-dealkylation sites (tertiary alicyclic amines) is 1. The standard InChI is InChI=1S/C21H27FN4O3/c1-23-20(28)15-10-17-18(11-16(15)22)26(21(29)24-17)14-6-8-25(9-7-14)12-19(27)13-4-2-3-5-13/h10-11,13-14H,2-9,12H2,1H3,(H,23,28)(H,24,29). The second-order valence-corrected chi connectivity index (χ2v) is 8.18. The maximum Gasteiger partial charge on any atom is 0.326 e. The topological polar surface area (TPSA) is 87.2 Å².